The van der Waals surface area contributed by atoms with Crippen LogP contribution >= 0.6 is 11.3 Å². The maximum Gasteiger partial charge on any atom is 0.261 e. The zero-order valence-corrected chi connectivity index (χ0v) is 23.5. The Hall–Kier alpha value is -3.09. The van der Waals surface area contributed by atoms with E-state index < -0.39 is 10.0 Å². The van der Waals surface area contributed by atoms with Crippen molar-refractivity contribution < 1.29 is 22.7 Å². The van der Waals surface area contributed by atoms with Crippen molar-refractivity contribution in [2.45, 2.75) is 36.4 Å². The molecule has 0 saturated carbocycles. The molecule has 40 heavy (non-hydrogen) atoms. The number of nitrogens with one attached hydrogen (secondary N) is 1. The van der Waals surface area contributed by atoms with Gasteiger partial charge in [0.05, 0.1) is 32.9 Å². The lowest BCUT2D eigenvalue weighted by Gasteiger charge is -2.47. The van der Waals surface area contributed by atoms with Crippen LogP contribution in [0.5, 0.6) is 5.75 Å². The molecule has 5 heterocycles. The molecule has 4 aliphatic heterocycles. The Morgan fingerprint density at radius 1 is 1.05 bits per heavy atom. The average molecular weight is 579 g/mol. The highest BCUT2D eigenvalue weighted by Crippen LogP contribution is 2.32. The summed E-state index contributed by atoms with van der Waals surface area (Å²) >= 11 is 1.26. The first-order valence-corrected chi connectivity index (χ1v) is 15.9. The van der Waals surface area contributed by atoms with Gasteiger partial charge in [0.15, 0.2) is 5.13 Å². The largest absolute Gasteiger partial charge is 0.491 e. The van der Waals surface area contributed by atoms with Crippen LogP contribution in [-0.4, -0.2) is 80.1 Å². The smallest absolute Gasteiger partial charge is 0.261 e. The van der Waals surface area contributed by atoms with Crippen LogP contribution in [0.1, 0.15) is 29.6 Å². The minimum atomic E-state index is -3.53. The molecule has 4 saturated heterocycles. The minimum Gasteiger partial charge on any atom is -0.491 e. The number of aromatic nitrogens is 1. The summed E-state index contributed by atoms with van der Waals surface area (Å²) in [6.07, 6.45) is 3.59. The van der Waals surface area contributed by atoms with Gasteiger partial charge in [0.1, 0.15) is 12.4 Å². The molecule has 11 heteroatoms. The van der Waals surface area contributed by atoms with Gasteiger partial charge in [-0.05, 0) is 53.9 Å². The lowest BCUT2D eigenvalue weighted by Crippen LogP contribution is -2.57. The van der Waals surface area contributed by atoms with Gasteiger partial charge in [-0.2, -0.15) is 4.31 Å². The van der Waals surface area contributed by atoms with E-state index in [1.165, 1.54) is 15.6 Å². The second-order valence-electron chi connectivity index (χ2n) is 10.6. The van der Waals surface area contributed by atoms with Crippen molar-refractivity contribution in [1.29, 1.82) is 0 Å². The number of fused-ring (bicyclic) bond motifs is 4. The Morgan fingerprint density at radius 2 is 1.77 bits per heavy atom. The van der Waals surface area contributed by atoms with Crippen LogP contribution in [0.4, 0.5) is 5.13 Å². The predicted octanol–water partition coefficient (Wildman–Crippen LogP) is 4.34. The predicted molar refractivity (Wildman–Crippen MR) is 155 cm³/mol. The van der Waals surface area contributed by atoms with E-state index in [-0.39, 0.29) is 10.8 Å². The molecule has 1 aromatic heterocycles. The van der Waals surface area contributed by atoms with E-state index in [9.17, 15) is 13.2 Å². The monoisotopic (exact) mass is 578 g/mol. The summed E-state index contributed by atoms with van der Waals surface area (Å²) in [5, 5.41) is 5.26. The number of hydrogen-bond donors (Lipinski definition) is 1. The van der Waals surface area contributed by atoms with Crippen molar-refractivity contribution in [2.24, 2.45) is 0 Å². The van der Waals surface area contributed by atoms with Gasteiger partial charge in [-0.3, -0.25) is 15.0 Å². The number of amides is 1. The van der Waals surface area contributed by atoms with Crippen molar-refractivity contribution in [1.82, 2.24) is 14.2 Å². The molecule has 0 aliphatic carbocycles. The third-order valence-corrected chi connectivity index (χ3v) is 10.7. The standard InChI is InChI=1S/C29H30N4O5S2/c34-28(31-29-30-25-8-7-23(16-27(25)39-29)40(35,36)33-9-3-4-10-33)24-13-19-5-1-2-6-20(19)14-26(24)37-12-11-32-17-21-15-22(18-32)38-21/h1-2,5-8,13-14,16,21-22H,3-4,9-12,15,17-18H2,(H,30,31,34). The van der Waals surface area contributed by atoms with E-state index in [2.05, 4.69) is 15.2 Å². The quantitative estimate of drug-likeness (QED) is 0.332. The number of carbonyl (C=O) groups excluding carboxylic acids is 1. The lowest BCUT2D eigenvalue weighted by atomic mass is 9.99. The Bertz CT molecular complexity index is 1680. The number of thiazole rings is 1. The molecule has 2 atom stereocenters. The van der Waals surface area contributed by atoms with Gasteiger partial charge >= 0.3 is 0 Å². The van der Waals surface area contributed by atoms with E-state index in [0.717, 1.165) is 49.7 Å². The number of morpholine rings is 1. The molecule has 0 spiro atoms. The Labute approximate surface area is 236 Å². The fraction of sp³-hybridized carbons (Fsp3) is 0.379. The Balaban J connectivity index is 1.11. The zero-order valence-electron chi connectivity index (χ0n) is 21.9. The average Bonchev–Trinajstić information content (AvgIpc) is 3.62. The molecular weight excluding hydrogens is 548 g/mol. The fourth-order valence-electron chi connectivity index (χ4n) is 5.78. The van der Waals surface area contributed by atoms with Crippen LogP contribution < -0.4 is 10.1 Å². The molecular formula is C29H30N4O5S2. The second-order valence-corrected chi connectivity index (χ2v) is 13.6. The number of sulfonamides is 1. The number of nitrogens with zero attached hydrogens (tertiary/aromatic N) is 3. The van der Waals surface area contributed by atoms with E-state index in [1.54, 1.807) is 18.2 Å². The van der Waals surface area contributed by atoms with E-state index >= 15 is 0 Å². The Kier molecular flexibility index (Phi) is 6.71. The molecule has 8 rings (SSSR count). The van der Waals surface area contributed by atoms with Gasteiger partial charge in [-0.25, -0.2) is 13.4 Å². The van der Waals surface area contributed by atoms with Crippen molar-refractivity contribution in [2.75, 3.05) is 44.6 Å². The summed E-state index contributed by atoms with van der Waals surface area (Å²) in [5.74, 6) is 0.201. The van der Waals surface area contributed by atoms with E-state index in [1.807, 2.05) is 36.4 Å². The molecule has 3 aromatic carbocycles. The van der Waals surface area contributed by atoms with Crippen molar-refractivity contribution >= 4 is 53.4 Å². The third-order valence-electron chi connectivity index (χ3n) is 7.88. The highest BCUT2D eigenvalue weighted by atomic mass is 32.2. The molecule has 9 nitrogen and oxygen atoms in total. The van der Waals surface area contributed by atoms with Crippen LogP contribution in [0.2, 0.25) is 0 Å². The number of anilines is 1. The fourth-order valence-corrected chi connectivity index (χ4v) is 8.30. The summed E-state index contributed by atoms with van der Waals surface area (Å²) in [4.78, 5) is 20.7. The van der Waals surface area contributed by atoms with Gasteiger partial charge < -0.3 is 9.47 Å². The minimum absolute atomic E-state index is 0.256. The van der Waals surface area contributed by atoms with Crippen molar-refractivity contribution in [3.8, 4) is 5.75 Å². The normalized spacial score (nSPS) is 21.5. The number of hydrogen-bond acceptors (Lipinski definition) is 8. The summed E-state index contributed by atoms with van der Waals surface area (Å²) < 4.78 is 40.2. The molecule has 2 unspecified atom stereocenters. The Morgan fingerprint density at radius 3 is 2.52 bits per heavy atom. The summed E-state index contributed by atoms with van der Waals surface area (Å²) in [5.41, 5.74) is 1.07. The van der Waals surface area contributed by atoms with Crippen LogP contribution in [0, 0.1) is 0 Å². The molecule has 4 fully saturated rings. The van der Waals surface area contributed by atoms with Crippen LogP contribution in [0.3, 0.4) is 0 Å². The summed E-state index contributed by atoms with van der Waals surface area (Å²) in [6, 6.07) is 16.6. The summed E-state index contributed by atoms with van der Waals surface area (Å²) in [7, 11) is -3.53. The topological polar surface area (TPSA) is 101 Å². The molecule has 4 aromatic rings. The number of rotatable bonds is 8. The van der Waals surface area contributed by atoms with Crippen LogP contribution in [0.15, 0.2) is 59.5 Å². The first-order valence-electron chi connectivity index (χ1n) is 13.7. The molecule has 4 aliphatic rings. The maximum atomic E-state index is 13.5. The number of carbonyl (C=O) groups is 1. The SMILES string of the molecule is O=C(Nc1nc2ccc(S(=O)(=O)N3CCCC3)cc2s1)c1cc2ccccc2cc1OCCN1CC2CC(C1)O2. The highest BCUT2D eigenvalue weighted by molar-refractivity contribution is 7.89. The van der Waals surface area contributed by atoms with E-state index in [0.29, 0.717) is 58.6 Å². The number of piperidine rings is 1. The maximum absolute atomic E-state index is 13.5. The summed E-state index contributed by atoms with van der Waals surface area (Å²) in [6.45, 7) is 4.17. The van der Waals surface area contributed by atoms with Gasteiger partial charge in [0.25, 0.3) is 5.91 Å². The van der Waals surface area contributed by atoms with Gasteiger partial charge in [0.2, 0.25) is 10.0 Å². The lowest BCUT2D eigenvalue weighted by molar-refractivity contribution is -0.181. The van der Waals surface area contributed by atoms with E-state index in [4.69, 9.17) is 9.47 Å². The first kappa shape index (κ1) is 25.8. The molecule has 2 bridgehead atoms. The van der Waals surface area contributed by atoms with Crippen molar-refractivity contribution in [3.63, 3.8) is 0 Å². The number of ether oxygens (including phenoxy) is 2. The van der Waals surface area contributed by atoms with Gasteiger partial charge in [0, 0.05) is 39.1 Å². The van der Waals surface area contributed by atoms with Crippen molar-refractivity contribution in [3.05, 3.63) is 60.2 Å². The molecule has 1 amide bonds. The van der Waals surface area contributed by atoms with Crippen LogP contribution in [-0.2, 0) is 14.8 Å². The van der Waals surface area contributed by atoms with Gasteiger partial charge in [-0.15, -0.1) is 0 Å². The number of benzene rings is 3. The van der Waals surface area contributed by atoms with Gasteiger partial charge in [-0.1, -0.05) is 35.6 Å². The molecule has 0 radical (unpaired) electrons. The van der Waals surface area contributed by atoms with Crippen LogP contribution in [0.25, 0.3) is 21.0 Å². The zero-order chi connectivity index (χ0) is 27.3. The molecule has 208 valence electrons. The molecule has 1 N–H and O–H groups in total. The second kappa shape index (κ2) is 10.4. The third kappa shape index (κ3) is 4.97. The first-order chi connectivity index (χ1) is 19.4. The highest BCUT2D eigenvalue weighted by Gasteiger charge is 2.38.